The number of hydrogen-bond donors (Lipinski definition) is 1. The Balaban J connectivity index is 1.66. The molecule has 2 aromatic rings. The van der Waals surface area contributed by atoms with Crippen LogP contribution >= 0.6 is 0 Å². The lowest BCUT2D eigenvalue weighted by Gasteiger charge is -2.16. The summed E-state index contributed by atoms with van der Waals surface area (Å²) in [5.74, 6) is 0.0268. The smallest absolute Gasteiger partial charge is 0.243 e. The number of methoxy groups -OCH3 is 1. The molecule has 1 fully saturated rings. The van der Waals surface area contributed by atoms with Crippen molar-refractivity contribution < 1.29 is 26.4 Å². The molecule has 1 N–H and O–H groups in total. The highest BCUT2D eigenvalue weighted by Crippen LogP contribution is 2.29. The van der Waals surface area contributed by atoms with Crippen LogP contribution in [0.5, 0.6) is 5.75 Å². The number of anilines is 1. The Hall–Kier alpha value is -2.47. The van der Waals surface area contributed by atoms with Crippen molar-refractivity contribution in [2.75, 3.05) is 39.6 Å². The van der Waals surface area contributed by atoms with Crippen LogP contribution in [0.2, 0.25) is 0 Å². The van der Waals surface area contributed by atoms with Crippen LogP contribution in [0.3, 0.4) is 0 Å². The lowest BCUT2D eigenvalue weighted by Crippen LogP contribution is -2.27. The highest BCUT2D eigenvalue weighted by molar-refractivity contribution is 7.89. The summed E-state index contributed by atoms with van der Waals surface area (Å²) < 4.78 is 57.8. The lowest BCUT2D eigenvalue weighted by molar-refractivity contribution is -0.116. The quantitative estimate of drug-likeness (QED) is 0.571. The molecule has 0 bridgehead atoms. The normalized spacial score (nSPS) is 15.0. The Morgan fingerprint density at radius 2 is 1.61 bits per heavy atom. The van der Waals surface area contributed by atoms with Gasteiger partial charge in [0.15, 0.2) is 0 Å². The van der Waals surface area contributed by atoms with E-state index in [1.165, 1.54) is 43.7 Å². The van der Waals surface area contributed by atoms with Crippen LogP contribution in [0.15, 0.2) is 52.3 Å². The largest absolute Gasteiger partial charge is 0.495 e. The molecule has 2 aromatic carbocycles. The van der Waals surface area contributed by atoms with Gasteiger partial charge in [-0.25, -0.2) is 21.1 Å². The molecule has 11 heteroatoms. The van der Waals surface area contributed by atoms with Gasteiger partial charge in [0, 0.05) is 33.6 Å². The summed E-state index contributed by atoms with van der Waals surface area (Å²) in [6.45, 7) is 1.09. The van der Waals surface area contributed by atoms with Crippen molar-refractivity contribution in [2.45, 2.75) is 35.5 Å². The molecule has 0 aliphatic carbocycles. The average Bonchev–Trinajstić information content (AvgIpc) is 3.34. The number of nitrogens with one attached hydrogen (secondary N) is 1. The molecule has 1 saturated heterocycles. The molecule has 9 nitrogen and oxygen atoms in total. The Labute approximate surface area is 195 Å². The van der Waals surface area contributed by atoms with Crippen molar-refractivity contribution in [1.29, 1.82) is 0 Å². The van der Waals surface area contributed by atoms with Crippen LogP contribution < -0.4 is 10.1 Å². The van der Waals surface area contributed by atoms with Gasteiger partial charge in [-0.05, 0) is 55.2 Å². The second-order valence-corrected chi connectivity index (χ2v) is 12.0. The number of rotatable bonds is 9. The molecule has 0 atom stereocenters. The first kappa shape index (κ1) is 25.2. The zero-order chi connectivity index (χ0) is 24.2. The SMILES string of the molecule is COc1ccc(S(=O)(=O)N(C)C)cc1NC(=O)CCc1ccc(S(=O)(=O)N2CCCC2)cc1. The molecule has 180 valence electrons. The first-order chi connectivity index (χ1) is 15.6. The minimum absolute atomic E-state index is 0.0402. The molecule has 33 heavy (non-hydrogen) atoms. The van der Waals surface area contributed by atoms with Gasteiger partial charge in [0.2, 0.25) is 26.0 Å². The predicted octanol–water partition coefficient (Wildman–Crippen LogP) is 2.30. The van der Waals surface area contributed by atoms with Crippen LogP contribution in [-0.2, 0) is 31.3 Å². The van der Waals surface area contributed by atoms with E-state index < -0.39 is 20.0 Å². The van der Waals surface area contributed by atoms with Crippen molar-refractivity contribution in [1.82, 2.24) is 8.61 Å². The first-order valence-corrected chi connectivity index (χ1v) is 13.4. The molecular weight excluding hydrogens is 466 g/mol. The number of hydrogen-bond acceptors (Lipinski definition) is 6. The third kappa shape index (κ3) is 5.72. The topological polar surface area (TPSA) is 113 Å². The Bertz CT molecular complexity index is 1200. The minimum Gasteiger partial charge on any atom is -0.495 e. The average molecular weight is 496 g/mol. The zero-order valence-corrected chi connectivity index (χ0v) is 20.6. The second-order valence-electron chi connectivity index (χ2n) is 7.95. The van der Waals surface area contributed by atoms with Crippen LogP contribution in [0, 0.1) is 0 Å². The van der Waals surface area contributed by atoms with E-state index in [0.717, 1.165) is 22.7 Å². The van der Waals surface area contributed by atoms with Crippen LogP contribution in [0.4, 0.5) is 5.69 Å². The van der Waals surface area contributed by atoms with E-state index in [1.807, 2.05) is 0 Å². The maximum absolute atomic E-state index is 12.6. The van der Waals surface area contributed by atoms with Gasteiger partial charge >= 0.3 is 0 Å². The van der Waals surface area contributed by atoms with Gasteiger partial charge in [0.05, 0.1) is 22.6 Å². The molecule has 1 heterocycles. The minimum atomic E-state index is -3.66. The Morgan fingerprint density at radius 3 is 2.18 bits per heavy atom. The van der Waals surface area contributed by atoms with Gasteiger partial charge in [-0.1, -0.05) is 12.1 Å². The Morgan fingerprint density at radius 1 is 1.00 bits per heavy atom. The highest BCUT2D eigenvalue weighted by Gasteiger charge is 2.27. The third-order valence-corrected chi connectivity index (χ3v) is 9.21. The molecule has 1 aliphatic rings. The summed E-state index contributed by atoms with van der Waals surface area (Å²) in [6, 6.07) is 10.8. The number of carbonyl (C=O) groups is 1. The van der Waals surface area contributed by atoms with Crippen LogP contribution in [0.25, 0.3) is 0 Å². The molecule has 0 unspecified atom stereocenters. The van der Waals surface area contributed by atoms with Crippen molar-refractivity contribution in [3.8, 4) is 5.75 Å². The van der Waals surface area contributed by atoms with Gasteiger partial charge in [-0.2, -0.15) is 4.31 Å². The van der Waals surface area contributed by atoms with Crippen molar-refractivity contribution in [2.24, 2.45) is 0 Å². The molecular formula is C22H29N3O6S2. The number of sulfonamides is 2. The Kier molecular flexibility index (Phi) is 7.78. The monoisotopic (exact) mass is 495 g/mol. The summed E-state index contributed by atoms with van der Waals surface area (Å²) in [5.41, 5.74) is 1.08. The second kappa shape index (κ2) is 10.2. The van der Waals surface area contributed by atoms with E-state index in [0.29, 0.717) is 25.3 Å². The van der Waals surface area contributed by atoms with Crippen molar-refractivity contribution in [3.05, 3.63) is 48.0 Å². The summed E-state index contributed by atoms with van der Waals surface area (Å²) in [4.78, 5) is 12.8. The maximum atomic E-state index is 12.6. The lowest BCUT2D eigenvalue weighted by atomic mass is 10.1. The zero-order valence-electron chi connectivity index (χ0n) is 18.9. The van der Waals surface area contributed by atoms with Gasteiger partial charge in [0.25, 0.3) is 0 Å². The van der Waals surface area contributed by atoms with Gasteiger partial charge in [-0.3, -0.25) is 4.79 Å². The fraction of sp³-hybridized carbons (Fsp3) is 0.409. The molecule has 3 rings (SSSR count). The fourth-order valence-corrected chi connectivity index (χ4v) is 5.98. The summed E-state index contributed by atoms with van der Waals surface area (Å²) in [5, 5.41) is 2.71. The highest BCUT2D eigenvalue weighted by atomic mass is 32.2. The number of amides is 1. The van der Waals surface area contributed by atoms with Crippen molar-refractivity contribution >= 4 is 31.6 Å². The number of aryl methyl sites for hydroxylation is 1. The van der Waals surface area contributed by atoms with Crippen LogP contribution in [0.1, 0.15) is 24.8 Å². The molecule has 0 aromatic heterocycles. The molecule has 0 saturated carbocycles. The summed E-state index contributed by atoms with van der Waals surface area (Å²) >= 11 is 0. The summed E-state index contributed by atoms with van der Waals surface area (Å²) in [7, 11) is -2.84. The van der Waals surface area contributed by atoms with E-state index in [-0.39, 0.29) is 27.8 Å². The molecule has 0 radical (unpaired) electrons. The van der Waals surface area contributed by atoms with E-state index >= 15 is 0 Å². The van der Waals surface area contributed by atoms with E-state index in [1.54, 1.807) is 24.3 Å². The van der Waals surface area contributed by atoms with E-state index in [4.69, 9.17) is 4.74 Å². The third-order valence-electron chi connectivity index (χ3n) is 5.49. The van der Waals surface area contributed by atoms with Gasteiger partial charge < -0.3 is 10.1 Å². The number of nitrogens with zero attached hydrogens (tertiary/aromatic N) is 2. The first-order valence-electron chi connectivity index (χ1n) is 10.5. The summed E-state index contributed by atoms with van der Waals surface area (Å²) in [6.07, 6.45) is 2.28. The van der Waals surface area contributed by atoms with E-state index in [2.05, 4.69) is 5.32 Å². The number of carbonyl (C=O) groups excluding carboxylic acids is 1. The number of benzene rings is 2. The number of ether oxygens (including phenoxy) is 1. The van der Waals surface area contributed by atoms with Gasteiger partial charge in [0.1, 0.15) is 5.75 Å². The predicted molar refractivity (Wildman–Crippen MR) is 125 cm³/mol. The maximum Gasteiger partial charge on any atom is 0.243 e. The van der Waals surface area contributed by atoms with Gasteiger partial charge in [-0.15, -0.1) is 0 Å². The molecule has 0 spiro atoms. The molecule has 1 aliphatic heterocycles. The van der Waals surface area contributed by atoms with E-state index in [9.17, 15) is 21.6 Å². The van der Waals surface area contributed by atoms with Crippen molar-refractivity contribution in [3.63, 3.8) is 0 Å². The van der Waals surface area contributed by atoms with Crippen LogP contribution in [-0.4, -0.2) is 65.6 Å². The molecule has 1 amide bonds. The fourth-order valence-electron chi connectivity index (χ4n) is 3.53. The standard InChI is InChI=1S/C22H29N3O6S2/c1-24(2)32(27,28)19-11-12-21(31-3)20(16-19)23-22(26)13-8-17-6-9-18(10-7-17)33(29,30)25-14-4-5-15-25/h6-7,9-12,16H,4-5,8,13-15H2,1-3H3,(H,23,26).